The molecule has 1 aliphatic carbocycles. The number of carbonyl (C=O) groups excluding carboxylic acids is 1. The third kappa shape index (κ3) is 2.99. The summed E-state index contributed by atoms with van der Waals surface area (Å²) in [6, 6.07) is 6.35. The van der Waals surface area contributed by atoms with Crippen LogP contribution in [0.25, 0.3) is 0 Å². The maximum Gasteiger partial charge on any atom is 0.251 e. The predicted octanol–water partition coefficient (Wildman–Crippen LogP) is 2.70. The summed E-state index contributed by atoms with van der Waals surface area (Å²) in [4.78, 5) is 11.9. The Kier molecular flexibility index (Phi) is 3.36. The van der Waals surface area contributed by atoms with Crippen molar-refractivity contribution in [2.75, 3.05) is 6.54 Å². The van der Waals surface area contributed by atoms with Gasteiger partial charge in [0.15, 0.2) is 0 Å². The number of hydrogen-bond acceptors (Lipinski definition) is 2. The minimum Gasteiger partial charge on any atom is -0.508 e. The number of phenolic OH excluding ortho intramolecular Hbond substituents is 1. The Morgan fingerprint density at radius 1 is 1.29 bits per heavy atom. The molecular formula is C14H19NO2. The zero-order chi connectivity index (χ0) is 12.3. The molecular weight excluding hydrogens is 214 g/mol. The lowest BCUT2D eigenvalue weighted by molar-refractivity contribution is 0.0934. The van der Waals surface area contributed by atoms with Gasteiger partial charge in [-0.1, -0.05) is 19.8 Å². The second-order valence-electron chi connectivity index (χ2n) is 5.25. The van der Waals surface area contributed by atoms with Gasteiger partial charge < -0.3 is 10.4 Å². The van der Waals surface area contributed by atoms with E-state index in [0.29, 0.717) is 5.56 Å². The van der Waals surface area contributed by atoms with Crippen LogP contribution in [0.5, 0.6) is 5.75 Å². The van der Waals surface area contributed by atoms with E-state index in [-0.39, 0.29) is 17.1 Å². The Morgan fingerprint density at radius 3 is 2.47 bits per heavy atom. The fourth-order valence-electron chi connectivity index (χ4n) is 2.41. The Labute approximate surface area is 102 Å². The number of carbonyl (C=O) groups is 1. The summed E-state index contributed by atoms with van der Waals surface area (Å²) in [7, 11) is 0. The molecule has 92 valence electrons. The van der Waals surface area contributed by atoms with E-state index in [4.69, 9.17) is 5.11 Å². The van der Waals surface area contributed by atoms with Crippen LogP contribution in [-0.2, 0) is 0 Å². The van der Waals surface area contributed by atoms with Gasteiger partial charge in [0, 0.05) is 12.1 Å². The maximum absolute atomic E-state index is 11.9. The van der Waals surface area contributed by atoms with Crippen molar-refractivity contribution >= 4 is 5.91 Å². The van der Waals surface area contributed by atoms with Crippen molar-refractivity contribution in [3.8, 4) is 5.75 Å². The Balaban J connectivity index is 1.91. The van der Waals surface area contributed by atoms with E-state index in [0.717, 1.165) is 6.54 Å². The van der Waals surface area contributed by atoms with Gasteiger partial charge in [-0.15, -0.1) is 0 Å². The number of nitrogens with one attached hydrogen (secondary N) is 1. The number of phenols is 1. The van der Waals surface area contributed by atoms with Crippen LogP contribution in [0.4, 0.5) is 0 Å². The van der Waals surface area contributed by atoms with Gasteiger partial charge in [-0.3, -0.25) is 4.79 Å². The van der Waals surface area contributed by atoms with Gasteiger partial charge in [0.05, 0.1) is 0 Å². The second-order valence-corrected chi connectivity index (χ2v) is 5.25. The number of amides is 1. The molecule has 2 rings (SSSR count). The third-order valence-electron chi connectivity index (χ3n) is 3.62. The molecule has 0 unspecified atom stereocenters. The molecule has 1 aliphatic rings. The quantitative estimate of drug-likeness (QED) is 0.843. The highest BCUT2D eigenvalue weighted by atomic mass is 16.3. The third-order valence-corrected chi connectivity index (χ3v) is 3.62. The van der Waals surface area contributed by atoms with Crippen LogP contribution in [0, 0.1) is 5.41 Å². The van der Waals surface area contributed by atoms with Crippen LogP contribution >= 0.6 is 0 Å². The van der Waals surface area contributed by atoms with E-state index in [1.165, 1.54) is 37.8 Å². The van der Waals surface area contributed by atoms with Crippen LogP contribution in [0.1, 0.15) is 43.0 Å². The molecule has 0 heterocycles. The number of hydrogen-bond donors (Lipinski definition) is 2. The highest BCUT2D eigenvalue weighted by molar-refractivity contribution is 5.94. The van der Waals surface area contributed by atoms with Gasteiger partial charge in [-0.05, 0) is 42.5 Å². The van der Waals surface area contributed by atoms with Gasteiger partial charge in [-0.25, -0.2) is 0 Å². The first-order valence-corrected chi connectivity index (χ1v) is 6.16. The second kappa shape index (κ2) is 4.78. The highest BCUT2D eigenvalue weighted by Gasteiger charge is 2.28. The molecule has 0 bridgehead atoms. The first kappa shape index (κ1) is 12.0. The summed E-state index contributed by atoms with van der Waals surface area (Å²) in [5.41, 5.74) is 0.872. The van der Waals surface area contributed by atoms with Gasteiger partial charge in [0.1, 0.15) is 5.75 Å². The molecule has 0 radical (unpaired) electrons. The summed E-state index contributed by atoms with van der Waals surface area (Å²) in [5, 5.41) is 12.1. The molecule has 0 aromatic heterocycles. The Bertz CT molecular complexity index is 391. The lowest BCUT2D eigenvalue weighted by atomic mass is 9.89. The molecule has 1 fully saturated rings. The minimum absolute atomic E-state index is 0.0573. The topological polar surface area (TPSA) is 49.3 Å². The SMILES string of the molecule is CC1(CNC(=O)c2ccc(O)cc2)CCCC1. The molecule has 0 spiro atoms. The maximum atomic E-state index is 11.9. The molecule has 1 aromatic rings. The smallest absolute Gasteiger partial charge is 0.251 e. The zero-order valence-corrected chi connectivity index (χ0v) is 10.2. The van der Waals surface area contributed by atoms with Crippen LogP contribution in [0.15, 0.2) is 24.3 Å². The van der Waals surface area contributed by atoms with Crippen molar-refractivity contribution in [1.82, 2.24) is 5.32 Å². The zero-order valence-electron chi connectivity index (χ0n) is 10.2. The fourth-order valence-corrected chi connectivity index (χ4v) is 2.41. The standard InChI is InChI=1S/C14H19NO2/c1-14(8-2-3-9-14)10-15-13(17)11-4-6-12(16)7-5-11/h4-7,16H,2-3,8-10H2,1H3,(H,15,17). The predicted molar refractivity (Wildman–Crippen MR) is 67.0 cm³/mol. The summed E-state index contributed by atoms with van der Waals surface area (Å²) in [6.07, 6.45) is 4.93. The monoisotopic (exact) mass is 233 g/mol. The summed E-state index contributed by atoms with van der Waals surface area (Å²) in [6.45, 7) is 2.98. The number of benzene rings is 1. The molecule has 1 saturated carbocycles. The van der Waals surface area contributed by atoms with Crippen molar-refractivity contribution in [3.63, 3.8) is 0 Å². The molecule has 1 amide bonds. The highest BCUT2D eigenvalue weighted by Crippen LogP contribution is 2.36. The van der Waals surface area contributed by atoms with E-state index in [2.05, 4.69) is 12.2 Å². The van der Waals surface area contributed by atoms with E-state index in [9.17, 15) is 4.79 Å². The van der Waals surface area contributed by atoms with Crippen LogP contribution in [0.3, 0.4) is 0 Å². The molecule has 2 N–H and O–H groups in total. The average molecular weight is 233 g/mol. The Hall–Kier alpha value is -1.51. The lowest BCUT2D eigenvalue weighted by Gasteiger charge is -2.23. The largest absolute Gasteiger partial charge is 0.508 e. The van der Waals surface area contributed by atoms with Crippen molar-refractivity contribution < 1.29 is 9.90 Å². The van der Waals surface area contributed by atoms with Gasteiger partial charge in [0.25, 0.3) is 5.91 Å². The van der Waals surface area contributed by atoms with Crippen molar-refractivity contribution in [3.05, 3.63) is 29.8 Å². The van der Waals surface area contributed by atoms with E-state index >= 15 is 0 Å². The molecule has 3 heteroatoms. The molecule has 0 atom stereocenters. The van der Waals surface area contributed by atoms with Crippen LogP contribution in [-0.4, -0.2) is 17.6 Å². The molecule has 3 nitrogen and oxygen atoms in total. The van der Waals surface area contributed by atoms with Gasteiger partial charge in [0.2, 0.25) is 0 Å². The van der Waals surface area contributed by atoms with Gasteiger partial charge in [-0.2, -0.15) is 0 Å². The number of aromatic hydroxyl groups is 1. The fraction of sp³-hybridized carbons (Fsp3) is 0.500. The van der Waals surface area contributed by atoms with Crippen molar-refractivity contribution in [1.29, 1.82) is 0 Å². The number of rotatable bonds is 3. The minimum atomic E-state index is -0.0573. The average Bonchev–Trinajstić information content (AvgIpc) is 2.75. The summed E-state index contributed by atoms with van der Waals surface area (Å²) < 4.78 is 0. The molecule has 0 aliphatic heterocycles. The summed E-state index contributed by atoms with van der Waals surface area (Å²) >= 11 is 0. The molecule has 17 heavy (non-hydrogen) atoms. The van der Waals surface area contributed by atoms with E-state index in [1.807, 2.05) is 0 Å². The van der Waals surface area contributed by atoms with Crippen molar-refractivity contribution in [2.24, 2.45) is 5.41 Å². The normalized spacial score (nSPS) is 17.9. The van der Waals surface area contributed by atoms with Crippen molar-refractivity contribution in [2.45, 2.75) is 32.6 Å². The summed E-state index contributed by atoms with van der Waals surface area (Å²) in [5.74, 6) is 0.127. The van der Waals surface area contributed by atoms with Crippen LogP contribution in [0.2, 0.25) is 0 Å². The first-order valence-electron chi connectivity index (χ1n) is 6.16. The lowest BCUT2D eigenvalue weighted by Crippen LogP contribution is -2.34. The Morgan fingerprint density at radius 2 is 1.88 bits per heavy atom. The van der Waals surface area contributed by atoms with Crippen LogP contribution < -0.4 is 5.32 Å². The van der Waals surface area contributed by atoms with E-state index < -0.39 is 0 Å². The molecule has 0 saturated heterocycles. The van der Waals surface area contributed by atoms with E-state index in [1.54, 1.807) is 12.1 Å². The van der Waals surface area contributed by atoms with Gasteiger partial charge >= 0.3 is 0 Å². The first-order chi connectivity index (χ1) is 8.09. The molecule has 1 aromatic carbocycles.